The first-order chi connectivity index (χ1) is 19.1. The molecular formula is C18H24N4O14S4. The van der Waals surface area contributed by atoms with Crippen molar-refractivity contribution >= 4 is 67.6 Å². The van der Waals surface area contributed by atoms with Crippen LogP contribution < -0.4 is 10.6 Å². The van der Waals surface area contributed by atoms with Crippen molar-refractivity contribution in [2.75, 3.05) is 49.3 Å². The maximum atomic E-state index is 12.3. The molecule has 2 aromatic carbocycles. The number of azo groups is 1. The number of hydrogen-bond donors (Lipinski definition) is 4. The van der Waals surface area contributed by atoms with Gasteiger partial charge in [0.15, 0.2) is 34.5 Å². The van der Waals surface area contributed by atoms with Crippen molar-refractivity contribution < 1.29 is 63.2 Å². The van der Waals surface area contributed by atoms with E-state index in [0.29, 0.717) is 54.8 Å². The van der Waals surface area contributed by atoms with Crippen LogP contribution in [0, 0.1) is 0 Å². The molecule has 2 aromatic rings. The summed E-state index contributed by atoms with van der Waals surface area (Å²) in [4.78, 5) is 1.71. The molecule has 0 heterocycles. The first-order valence-corrected chi connectivity index (χ1v) is 14.9. The third-order valence-corrected chi connectivity index (χ3v) is 7.45. The Morgan fingerprint density at radius 1 is 0.850 bits per heavy atom. The molecule has 5 N–H and O–H groups in total. The van der Waals surface area contributed by atoms with Gasteiger partial charge in [-0.05, 0) is 42.5 Å². The molecule has 0 aliphatic rings. The van der Waals surface area contributed by atoms with Gasteiger partial charge in [0.2, 0.25) is 0 Å². The summed E-state index contributed by atoms with van der Waals surface area (Å²) in [6, 6.07) is 10.2. The minimum Gasteiger partial charge on any atom is -0.397 e. The predicted molar refractivity (Wildman–Crippen MR) is 140 cm³/mol. The smallest absolute Gasteiger partial charge is 0.397 e. The van der Waals surface area contributed by atoms with Gasteiger partial charge in [-0.2, -0.15) is 13.5 Å². The number of sulfone groups is 1. The Morgan fingerprint density at radius 3 is 1.98 bits per heavy atom. The summed E-state index contributed by atoms with van der Waals surface area (Å²) in [6.07, 6.45) is 0. The van der Waals surface area contributed by atoms with Gasteiger partial charge in [0, 0.05) is 18.8 Å². The molecule has 0 spiro atoms. The summed E-state index contributed by atoms with van der Waals surface area (Å²) in [7, 11) is -8.62. The predicted octanol–water partition coefficient (Wildman–Crippen LogP) is 3.09. The minimum atomic E-state index is -4.75. The summed E-state index contributed by atoms with van der Waals surface area (Å²) in [6.45, 7) is 0.180. The Labute approximate surface area is 237 Å². The molecule has 2 rings (SSSR count). The van der Waals surface area contributed by atoms with E-state index in [1.807, 2.05) is 4.90 Å². The number of anilines is 2. The van der Waals surface area contributed by atoms with Crippen molar-refractivity contribution in [2.45, 2.75) is 4.90 Å². The fraction of sp³-hybridized carbons (Fsp3) is 0.333. The van der Waals surface area contributed by atoms with E-state index < -0.39 is 32.6 Å². The molecular weight excluding hydrogens is 624 g/mol. The topological polar surface area (TPSA) is 248 Å². The van der Waals surface area contributed by atoms with Crippen LogP contribution in [0.2, 0.25) is 0 Å². The second kappa shape index (κ2) is 17.6. The number of rotatable bonds is 20. The molecule has 0 aliphatic carbocycles. The largest absolute Gasteiger partial charge is 0.397 e. The van der Waals surface area contributed by atoms with Gasteiger partial charge in [-0.25, -0.2) is 23.1 Å². The Hall–Kier alpha value is -2.16. The molecule has 0 amide bonds. The SMILES string of the molecule is Nc1cc(N(CCOSOOO)CCOSOOO)ccc1N=Nc1ccc(S(=O)(=O)CCOS(=O)(=O)O)cc1. The summed E-state index contributed by atoms with van der Waals surface area (Å²) >= 11 is 0.842. The van der Waals surface area contributed by atoms with E-state index in [-0.39, 0.29) is 23.8 Å². The van der Waals surface area contributed by atoms with Gasteiger partial charge in [-0.15, -0.1) is 13.8 Å². The van der Waals surface area contributed by atoms with Gasteiger partial charge in [0.25, 0.3) is 0 Å². The van der Waals surface area contributed by atoms with Crippen LogP contribution in [0.3, 0.4) is 0 Å². The maximum Gasteiger partial charge on any atom is 0.397 e. The van der Waals surface area contributed by atoms with Crippen LogP contribution in [0.5, 0.6) is 0 Å². The lowest BCUT2D eigenvalue weighted by molar-refractivity contribution is -0.434. The molecule has 0 aliphatic heterocycles. The fourth-order valence-electron chi connectivity index (χ4n) is 2.83. The standard InChI is InChI=1S/C18H24N4O14S4/c19-17-13-15(22(7-9-30-37-35-33-23)8-10-31-38-36-34-24)3-6-18(17)21-20-14-1-4-16(5-2-14)39(25,26)12-11-32-40(27,28)29/h1-6,13,23-24H,7-12,19H2,(H,27,28,29). The van der Waals surface area contributed by atoms with Gasteiger partial charge in [0.05, 0.1) is 41.8 Å². The minimum absolute atomic E-state index is 0.106. The monoisotopic (exact) mass is 648 g/mol. The van der Waals surface area contributed by atoms with Crippen LogP contribution in [0.25, 0.3) is 0 Å². The van der Waals surface area contributed by atoms with E-state index in [4.69, 9.17) is 29.2 Å². The van der Waals surface area contributed by atoms with Crippen molar-refractivity contribution in [3.63, 3.8) is 0 Å². The van der Waals surface area contributed by atoms with Crippen molar-refractivity contribution in [3.8, 4) is 0 Å². The molecule has 0 unspecified atom stereocenters. The van der Waals surface area contributed by atoms with E-state index in [2.05, 4.69) is 33.2 Å². The summed E-state index contributed by atoms with van der Waals surface area (Å²) in [5.74, 6) is -0.667. The molecule has 18 nitrogen and oxygen atoms in total. The maximum absolute atomic E-state index is 12.3. The first-order valence-electron chi connectivity index (χ1n) is 10.6. The highest BCUT2D eigenvalue weighted by molar-refractivity contribution is 7.91. The number of hydrogen-bond acceptors (Lipinski definition) is 19. The molecule has 0 aromatic heterocycles. The van der Waals surface area contributed by atoms with Crippen LogP contribution in [0.4, 0.5) is 22.7 Å². The van der Waals surface area contributed by atoms with Gasteiger partial charge in [-0.3, -0.25) is 12.9 Å². The van der Waals surface area contributed by atoms with Gasteiger partial charge >= 0.3 is 10.4 Å². The van der Waals surface area contributed by atoms with Crippen LogP contribution in [0.1, 0.15) is 0 Å². The zero-order valence-electron chi connectivity index (χ0n) is 20.2. The number of benzene rings is 2. The molecule has 0 atom stereocenters. The highest BCUT2D eigenvalue weighted by Crippen LogP contribution is 2.30. The Kier molecular flexibility index (Phi) is 15.0. The molecule has 0 saturated carbocycles. The van der Waals surface area contributed by atoms with E-state index in [9.17, 15) is 16.8 Å². The molecule has 22 heteroatoms. The lowest BCUT2D eigenvalue weighted by Gasteiger charge is -2.24. The number of nitrogens with zero attached hydrogens (tertiary/aromatic N) is 3. The van der Waals surface area contributed by atoms with Crippen LogP contribution in [0.15, 0.2) is 57.6 Å². The lowest BCUT2D eigenvalue weighted by atomic mass is 10.2. The highest BCUT2D eigenvalue weighted by Gasteiger charge is 2.16. The zero-order valence-corrected chi connectivity index (χ0v) is 23.4. The second-order valence-electron chi connectivity index (χ2n) is 7.06. The van der Waals surface area contributed by atoms with Crippen molar-refractivity contribution in [1.29, 1.82) is 0 Å². The average Bonchev–Trinajstić information content (AvgIpc) is 2.90. The van der Waals surface area contributed by atoms with E-state index in [1.165, 1.54) is 24.3 Å². The number of nitrogen functional groups attached to an aromatic ring is 1. The molecule has 0 saturated heterocycles. The highest BCUT2D eigenvalue weighted by atomic mass is 32.3. The zero-order chi connectivity index (χ0) is 29.4. The van der Waals surface area contributed by atoms with Crippen LogP contribution >= 0.6 is 24.6 Å². The lowest BCUT2D eigenvalue weighted by Crippen LogP contribution is -2.30. The summed E-state index contributed by atoms with van der Waals surface area (Å²) < 4.78 is 76.7. The normalized spacial score (nSPS) is 12.3. The van der Waals surface area contributed by atoms with Gasteiger partial charge in [-0.1, -0.05) is 10.1 Å². The van der Waals surface area contributed by atoms with Crippen molar-refractivity contribution in [3.05, 3.63) is 42.5 Å². The molecule has 224 valence electrons. The van der Waals surface area contributed by atoms with Crippen molar-refractivity contribution in [1.82, 2.24) is 0 Å². The quantitative estimate of drug-likeness (QED) is 0.0306. The van der Waals surface area contributed by atoms with Gasteiger partial charge < -0.3 is 10.6 Å². The van der Waals surface area contributed by atoms with Crippen LogP contribution in [-0.2, 0) is 51.5 Å². The van der Waals surface area contributed by atoms with Gasteiger partial charge in [0.1, 0.15) is 5.69 Å². The summed E-state index contributed by atoms with van der Waals surface area (Å²) in [5.41, 5.74) is 7.70. The second-order valence-corrected chi connectivity index (χ2v) is 11.3. The Balaban J connectivity index is 2.04. The Bertz CT molecular complexity index is 1270. The van der Waals surface area contributed by atoms with Crippen LogP contribution in [-0.4, -0.2) is 70.6 Å². The van der Waals surface area contributed by atoms with E-state index >= 15 is 0 Å². The van der Waals surface area contributed by atoms with E-state index in [1.54, 1.807) is 18.2 Å². The van der Waals surface area contributed by atoms with Crippen molar-refractivity contribution in [2.24, 2.45) is 10.2 Å². The average molecular weight is 649 g/mol. The fourth-order valence-corrected chi connectivity index (χ4v) is 4.73. The van der Waals surface area contributed by atoms with E-state index in [0.717, 1.165) is 0 Å². The third-order valence-electron chi connectivity index (χ3n) is 4.53. The molecule has 0 radical (unpaired) electrons. The number of nitrogens with two attached hydrogens (primary N) is 1. The third kappa shape index (κ3) is 13.0. The molecule has 40 heavy (non-hydrogen) atoms. The first kappa shape index (κ1) is 34.0. The Morgan fingerprint density at radius 2 is 1.45 bits per heavy atom. The molecule has 0 bridgehead atoms. The summed E-state index contributed by atoms with van der Waals surface area (Å²) in [5, 5.41) is 31.3. The molecule has 0 fully saturated rings.